The number of benzene rings is 1. The maximum atomic E-state index is 10.5. The number of carbonyl (C=O) groups is 2. The molecule has 0 spiro atoms. The van der Waals surface area contributed by atoms with Crippen LogP contribution in [0.5, 0.6) is 5.75 Å². The van der Waals surface area contributed by atoms with Crippen LogP contribution in [-0.2, 0) is 9.53 Å². The normalized spacial score (nSPS) is 10.1. The summed E-state index contributed by atoms with van der Waals surface area (Å²) in [5.41, 5.74) is 0.718. The molecule has 0 aliphatic rings. The van der Waals surface area contributed by atoms with Crippen molar-refractivity contribution in [2.75, 3.05) is 20.8 Å². The Labute approximate surface area is 177 Å². The molecule has 0 aromatic heterocycles. The van der Waals surface area contributed by atoms with E-state index in [1.165, 1.54) is 38.5 Å². The minimum atomic E-state index is 0.0417. The van der Waals surface area contributed by atoms with Gasteiger partial charge in [-0.25, -0.2) is 0 Å². The first-order valence-electron chi connectivity index (χ1n) is 10.5. The molecule has 0 saturated heterocycles. The highest BCUT2D eigenvalue weighted by atomic mass is 16.5. The lowest BCUT2D eigenvalue weighted by Crippen LogP contribution is -2.15. The predicted molar refractivity (Wildman–Crippen MR) is 120 cm³/mol. The number of aliphatic hydroxyl groups is 1. The Kier molecular flexibility index (Phi) is 21.3. The minimum absolute atomic E-state index is 0.0417. The first-order chi connectivity index (χ1) is 13.9. The molecule has 5 nitrogen and oxygen atoms in total. The molecule has 0 radical (unpaired) electrons. The Morgan fingerprint density at radius 3 is 1.69 bits per heavy atom. The smallest absolute Gasteiger partial charge is 0.150 e. The van der Waals surface area contributed by atoms with Gasteiger partial charge in [0.2, 0.25) is 0 Å². The van der Waals surface area contributed by atoms with Crippen LogP contribution >= 0.6 is 0 Å². The lowest BCUT2D eigenvalue weighted by molar-refractivity contribution is -0.107. The standard InChI is InChI=1S/C18H26O3.C5H12O.CH4O/c19-14-8-6-4-2-1-3-5-7-9-15-21-18-12-10-17(16-20)11-13-18;1-5(2,3)6-4;1-2/h10-14,16H,1-9,15H2;1-4H3;2H,1H3. The summed E-state index contributed by atoms with van der Waals surface area (Å²) in [6, 6.07) is 7.21. The summed E-state index contributed by atoms with van der Waals surface area (Å²) in [5.74, 6) is 0.829. The van der Waals surface area contributed by atoms with Crippen LogP contribution in [0.4, 0.5) is 0 Å². The summed E-state index contributed by atoms with van der Waals surface area (Å²) in [6.45, 7) is 6.80. The third kappa shape index (κ3) is 22.4. The maximum Gasteiger partial charge on any atom is 0.150 e. The van der Waals surface area contributed by atoms with Gasteiger partial charge in [0.05, 0.1) is 12.2 Å². The number of carbonyl (C=O) groups excluding carboxylic acids is 2. The molecule has 0 unspecified atom stereocenters. The van der Waals surface area contributed by atoms with Crippen molar-refractivity contribution in [3.05, 3.63) is 29.8 Å². The topological polar surface area (TPSA) is 72.8 Å². The third-order valence-electron chi connectivity index (χ3n) is 4.11. The van der Waals surface area contributed by atoms with Crippen molar-refractivity contribution in [1.82, 2.24) is 0 Å². The van der Waals surface area contributed by atoms with E-state index >= 15 is 0 Å². The fourth-order valence-corrected chi connectivity index (χ4v) is 2.22. The second-order valence-electron chi connectivity index (χ2n) is 7.64. The zero-order chi connectivity index (χ0) is 22.4. The summed E-state index contributed by atoms with van der Waals surface area (Å²) in [4.78, 5) is 20.7. The molecule has 0 atom stereocenters. The van der Waals surface area contributed by atoms with Crippen LogP contribution in [0.3, 0.4) is 0 Å². The molecule has 5 heteroatoms. The first kappa shape index (κ1) is 29.5. The van der Waals surface area contributed by atoms with Crippen LogP contribution in [0, 0.1) is 0 Å². The Bertz CT molecular complexity index is 477. The Morgan fingerprint density at radius 2 is 1.28 bits per heavy atom. The van der Waals surface area contributed by atoms with E-state index in [0.29, 0.717) is 12.0 Å². The molecule has 0 amide bonds. The zero-order valence-electron chi connectivity index (χ0n) is 19.1. The van der Waals surface area contributed by atoms with Gasteiger partial charge in [0.15, 0.2) is 0 Å². The number of unbranched alkanes of at least 4 members (excludes halogenated alkanes) is 8. The van der Waals surface area contributed by atoms with Crippen molar-refractivity contribution in [1.29, 1.82) is 0 Å². The van der Waals surface area contributed by atoms with Crippen LogP contribution in [0.15, 0.2) is 24.3 Å². The Hall–Kier alpha value is -1.72. The molecule has 1 rings (SSSR count). The Morgan fingerprint density at radius 1 is 0.828 bits per heavy atom. The predicted octanol–water partition coefficient (Wildman–Crippen LogP) is 5.63. The van der Waals surface area contributed by atoms with Gasteiger partial charge in [-0.05, 0) is 57.9 Å². The van der Waals surface area contributed by atoms with E-state index < -0.39 is 0 Å². The zero-order valence-corrected chi connectivity index (χ0v) is 19.1. The van der Waals surface area contributed by atoms with Gasteiger partial charge in [-0.1, -0.05) is 38.5 Å². The van der Waals surface area contributed by atoms with Crippen molar-refractivity contribution >= 4 is 12.6 Å². The summed E-state index contributed by atoms with van der Waals surface area (Å²) in [7, 11) is 2.71. The molecular weight excluding hydrogens is 368 g/mol. The van der Waals surface area contributed by atoms with E-state index in [4.69, 9.17) is 14.6 Å². The van der Waals surface area contributed by atoms with E-state index in [1.807, 2.05) is 32.9 Å². The van der Waals surface area contributed by atoms with Gasteiger partial charge in [0.25, 0.3) is 0 Å². The van der Waals surface area contributed by atoms with E-state index in [9.17, 15) is 9.59 Å². The van der Waals surface area contributed by atoms with Crippen LogP contribution in [0.25, 0.3) is 0 Å². The largest absolute Gasteiger partial charge is 0.494 e. The monoisotopic (exact) mass is 410 g/mol. The highest BCUT2D eigenvalue weighted by molar-refractivity contribution is 5.74. The first-order valence-corrected chi connectivity index (χ1v) is 10.5. The van der Waals surface area contributed by atoms with Gasteiger partial charge in [-0.3, -0.25) is 4.79 Å². The van der Waals surface area contributed by atoms with Crippen molar-refractivity contribution in [2.24, 2.45) is 0 Å². The van der Waals surface area contributed by atoms with Crippen LogP contribution in [-0.4, -0.2) is 44.1 Å². The second-order valence-corrected chi connectivity index (χ2v) is 7.64. The number of rotatable bonds is 13. The fraction of sp³-hybridized carbons (Fsp3) is 0.667. The molecule has 1 aromatic carbocycles. The average molecular weight is 411 g/mol. The summed E-state index contributed by atoms with van der Waals surface area (Å²) < 4.78 is 10.6. The number of hydrogen-bond acceptors (Lipinski definition) is 5. The number of aldehydes is 2. The highest BCUT2D eigenvalue weighted by Gasteiger charge is 2.04. The van der Waals surface area contributed by atoms with Crippen molar-refractivity contribution in [2.45, 2.75) is 84.2 Å². The van der Waals surface area contributed by atoms with Crippen molar-refractivity contribution in [3.8, 4) is 5.75 Å². The molecule has 1 N–H and O–H groups in total. The van der Waals surface area contributed by atoms with E-state index in [2.05, 4.69) is 0 Å². The molecule has 0 heterocycles. The van der Waals surface area contributed by atoms with Gasteiger partial charge in [0, 0.05) is 26.2 Å². The number of ether oxygens (including phenoxy) is 2. The van der Waals surface area contributed by atoms with E-state index in [0.717, 1.165) is 44.9 Å². The molecule has 168 valence electrons. The lowest BCUT2D eigenvalue weighted by atomic mass is 10.1. The lowest BCUT2D eigenvalue weighted by Gasteiger charge is -2.14. The SMILES string of the molecule is CO.COC(C)(C)C.O=CCCCCCCCCCCOc1ccc(C=O)cc1. The second kappa shape index (κ2) is 21.0. The number of aliphatic hydroxyl groups excluding tert-OH is 1. The van der Waals surface area contributed by atoms with Crippen LogP contribution in [0.2, 0.25) is 0 Å². The van der Waals surface area contributed by atoms with Gasteiger partial charge < -0.3 is 19.4 Å². The number of methoxy groups -OCH3 is 1. The summed E-state index contributed by atoms with van der Waals surface area (Å²) in [6.07, 6.45) is 12.1. The fourth-order valence-electron chi connectivity index (χ4n) is 2.22. The Balaban J connectivity index is 0. The van der Waals surface area contributed by atoms with Crippen molar-refractivity contribution < 1.29 is 24.2 Å². The van der Waals surface area contributed by atoms with Gasteiger partial charge in [-0.2, -0.15) is 0 Å². The number of hydrogen-bond donors (Lipinski definition) is 1. The molecule has 0 fully saturated rings. The summed E-state index contributed by atoms with van der Waals surface area (Å²) >= 11 is 0. The molecule has 0 saturated carbocycles. The molecule has 0 aliphatic heterocycles. The molecule has 0 aliphatic carbocycles. The maximum absolute atomic E-state index is 10.5. The van der Waals surface area contributed by atoms with Gasteiger partial charge >= 0.3 is 0 Å². The quantitative estimate of drug-likeness (QED) is 0.337. The van der Waals surface area contributed by atoms with E-state index in [1.54, 1.807) is 19.2 Å². The third-order valence-corrected chi connectivity index (χ3v) is 4.11. The highest BCUT2D eigenvalue weighted by Crippen LogP contribution is 2.13. The van der Waals surface area contributed by atoms with Gasteiger partial charge in [-0.15, -0.1) is 0 Å². The summed E-state index contributed by atoms with van der Waals surface area (Å²) in [5, 5.41) is 7.00. The molecule has 1 aromatic rings. The molecule has 29 heavy (non-hydrogen) atoms. The molecular formula is C24H42O5. The average Bonchev–Trinajstić information content (AvgIpc) is 2.74. The van der Waals surface area contributed by atoms with Crippen molar-refractivity contribution in [3.63, 3.8) is 0 Å². The van der Waals surface area contributed by atoms with E-state index in [-0.39, 0.29) is 5.60 Å². The van der Waals surface area contributed by atoms with Gasteiger partial charge in [0.1, 0.15) is 18.3 Å². The van der Waals surface area contributed by atoms with Crippen LogP contribution < -0.4 is 4.74 Å². The van der Waals surface area contributed by atoms with Crippen LogP contribution in [0.1, 0.15) is 88.9 Å². The minimum Gasteiger partial charge on any atom is -0.494 e. The molecule has 0 bridgehead atoms.